The summed E-state index contributed by atoms with van der Waals surface area (Å²) in [6, 6.07) is 0. The molecule has 0 amide bonds. The van der Waals surface area contributed by atoms with E-state index >= 15 is 0 Å². The van der Waals surface area contributed by atoms with Crippen molar-refractivity contribution in [2.75, 3.05) is 7.11 Å². The zero-order valence-electron chi connectivity index (χ0n) is 10.4. The molecule has 1 aliphatic carbocycles. The first-order valence-corrected chi connectivity index (χ1v) is 5.67. The average molecular weight is 228 g/mol. The molecule has 4 nitrogen and oxygen atoms in total. The van der Waals surface area contributed by atoms with Gasteiger partial charge in [-0.1, -0.05) is 27.2 Å². The van der Waals surface area contributed by atoms with Gasteiger partial charge < -0.3 is 14.3 Å². The maximum Gasteiger partial charge on any atom is 0.312 e. The van der Waals surface area contributed by atoms with E-state index in [4.69, 9.17) is 9.47 Å². The summed E-state index contributed by atoms with van der Waals surface area (Å²) in [4.78, 5) is 22.5. The molecule has 1 fully saturated rings. The highest BCUT2D eigenvalue weighted by atomic mass is 16.7. The van der Waals surface area contributed by atoms with Gasteiger partial charge in [0.2, 0.25) is 6.29 Å². The van der Waals surface area contributed by atoms with Crippen molar-refractivity contribution < 1.29 is 19.1 Å². The molecule has 16 heavy (non-hydrogen) atoms. The number of methoxy groups -OCH3 is 1. The van der Waals surface area contributed by atoms with Crippen LogP contribution in [-0.4, -0.2) is 25.7 Å². The number of hydrogen-bond acceptors (Lipinski definition) is 4. The highest BCUT2D eigenvalue weighted by molar-refractivity contribution is 5.84. The molecule has 0 aromatic heterocycles. The van der Waals surface area contributed by atoms with Crippen LogP contribution in [0.2, 0.25) is 0 Å². The monoisotopic (exact) mass is 228 g/mol. The number of rotatable bonds is 6. The molecule has 0 bridgehead atoms. The number of ether oxygens (including phenoxy) is 2. The summed E-state index contributed by atoms with van der Waals surface area (Å²) in [5.74, 6) is -0.832. The summed E-state index contributed by atoms with van der Waals surface area (Å²) in [5.41, 5.74) is -0.261. The zero-order chi connectivity index (χ0) is 12.3. The van der Waals surface area contributed by atoms with Gasteiger partial charge in [0.05, 0.1) is 5.92 Å². The molecule has 0 aliphatic heterocycles. The van der Waals surface area contributed by atoms with Crippen molar-refractivity contribution in [3.05, 3.63) is 0 Å². The van der Waals surface area contributed by atoms with E-state index < -0.39 is 6.29 Å². The third kappa shape index (κ3) is 2.43. The van der Waals surface area contributed by atoms with Gasteiger partial charge in [0.25, 0.3) is 0 Å². The van der Waals surface area contributed by atoms with Crippen molar-refractivity contribution in [2.45, 2.75) is 39.9 Å². The molecule has 1 saturated carbocycles. The van der Waals surface area contributed by atoms with Gasteiger partial charge in [-0.15, -0.1) is 0 Å². The molecular formula is C12H20O4. The summed E-state index contributed by atoms with van der Waals surface area (Å²) in [6.45, 7) is 5.80. The average Bonchev–Trinajstić information content (AvgIpc) is 2.79. The van der Waals surface area contributed by atoms with Crippen molar-refractivity contribution in [2.24, 2.45) is 17.3 Å². The molecular weight excluding hydrogens is 208 g/mol. The van der Waals surface area contributed by atoms with Gasteiger partial charge in [-0.3, -0.25) is 4.79 Å². The molecule has 0 heterocycles. The van der Waals surface area contributed by atoms with Gasteiger partial charge in [0.1, 0.15) is 6.29 Å². The maximum absolute atomic E-state index is 11.8. The maximum atomic E-state index is 11.8. The van der Waals surface area contributed by atoms with E-state index in [1.54, 1.807) is 0 Å². The van der Waals surface area contributed by atoms with E-state index in [0.717, 1.165) is 12.7 Å². The Morgan fingerprint density at radius 3 is 2.50 bits per heavy atom. The Hall–Kier alpha value is -0.900. The highest BCUT2D eigenvalue weighted by Gasteiger charge is 2.63. The Morgan fingerprint density at radius 1 is 1.50 bits per heavy atom. The fourth-order valence-electron chi connectivity index (χ4n) is 2.05. The van der Waals surface area contributed by atoms with E-state index in [1.807, 2.05) is 20.8 Å². The fourth-order valence-corrected chi connectivity index (χ4v) is 2.05. The minimum Gasteiger partial charge on any atom is -0.436 e. The summed E-state index contributed by atoms with van der Waals surface area (Å²) in [7, 11) is 1.52. The summed E-state index contributed by atoms with van der Waals surface area (Å²) in [5, 5.41) is 0. The molecule has 0 aromatic rings. The Balaban J connectivity index is 2.50. The summed E-state index contributed by atoms with van der Waals surface area (Å²) >= 11 is 0. The first-order valence-electron chi connectivity index (χ1n) is 5.67. The van der Waals surface area contributed by atoms with Crippen LogP contribution in [0.3, 0.4) is 0 Å². The quantitative estimate of drug-likeness (QED) is 0.395. The Labute approximate surface area is 96.3 Å². The topological polar surface area (TPSA) is 52.6 Å². The standard InChI is InChI=1S/C12H20O4/c1-5-6-9(15-4)16-11(14)10-8(7-13)12(10,2)3/h7-10H,5-6H2,1-4H3. The molecule has 0 N–H and O–H groups in total. The van der Waals surface area contributed by atoms with Crippen molar-refractivity contribution in [3.63, 3.8) is 0 Å². The molecule has 0 radical (unpaired) electrons. The van der Waals surface area contributed by atoms with Crippen LogP contribution in [0.1, 0.15) is 33.6 Å². The van der Waals surface area contributed by atoms with Gasteiger partial charge in [0, 0.05) is 19.4 Å². The Bertz CT molecular complexity index is 272. The minimum atomic E-state index is -0.485. The molecule has 0 aromatic carbocycles. The third-order valence-corrected chi connectivity index (χ3v) is 3.35. The van der Waals surface area contributed by atoms with Crippen LogP contribution < -0.4 is 0 Å². The SMILES string of the molecule is CCCC(OC)OC(=O)C1C(C=O)C1(C)C. The predicted octanol–water partition coefficient (Wildman–Crippen LogP) is 1.77. The van der Waals surface area contributed by atoms with Crippen molar-refractivity contribution in [1.82, 2.24) is 0 Å². The van der Waals surface area contributed by atoms with Gasteiger partial charge in [-0.2, -0.15) is 0 Å². The third-order valence-electron chi connectivity index (χ3n) is 3.35. The van der Waals surface area contributed by atoms with Crippen LogP contribution >= 0.6 is 0 Å². The number of carbonyl (C=O) groups is 2. The molecule has 0 spiro atoms. The van der Waals surface area contributed by atoms with E-state index in [2.05, 4.69) is 0 Å². The first kappa shape index (κ1) is 13.2. The molecule has 3 unspecified atom stereocenters. The highest BCUT2D eigenvalue weighted by Crippen LogP contribution is 2.57. The van der Waals surface area contributed by atoms with Gasteiger partial charge in [0.15, 0.2) is 0 Å². The van der Waals surface area contributed by atoms with E-state index in [9.17, 15) is 9.59 Å². The lowest BCUT2D eigenvalue weighted by molar-refractivity contribution is -0.177. The van der Waals surface area contributed by atoms with Crippen LogP contribution in [0.4, 0.5) is 0 Å². The van der Waals surface area contributed by atoms with Crippen LogP contribution in [0.15, 0.2) is 0 Å². The van der Waals surface area contributed by atoms with Crippen molar-refractivity contribution in [1.29, 1.82) is 0 Å². The second-order valence-corrected chi connectivity index (χ2v) is 4.85. The molecule has 3 atom stereocenters. The van der Waals surface area contributed by atoms with Gasteiger partial charge in [-0.05, 0) is 5.41 Å². The van der Waals surface area contributed by atoms with E-state index in [-0.39, 0.29) is 23.2 Å². The van der Waals surface area contributed by atoms with Gasteiger partial charge in [-0.25, -0.2) is 0 Å². The predicted molar refractivity (Wildman–Crippen MR) is 58.6 cm³/mol. The molecule has 1 rings (SSSR count). The van der Waals surface area contributed by atoms with Crippen LogP contribution in [-0.2, 0) is 19.1 Å². The Kier molecular flexibility index (Phi) is 4.08. The Morgan fingerprint density at radius 2 is 2.12 bits per heavy atom. The number of aldehydes is 1. The number of hydrogen-bond donors (Lipinski definition) is 0. The lowest BCUT2D eigenvalue weighted by atomic mass is 10.1. The normalized spacial score (nSPS) is 28.2. The van der Waals surface area contributed by atoms with Crippen LogP contribution in [0, 0.1) is 17.3 Å². The van der Waals surface area contributed by atoms with Gasteiger partial charge >= 0.3 is 5.97 Å². The lowest BCUT2D eigenvalue weighted by Gasteiger charge is -2.15. The number of esters is 1. The van der Waals surface area contributed by atoms with E-state index in [0.29, 0.717) is 6.42 Å². The molecule has 0 saturated heterocycles. The van der Waals surface area contributed by atoms with Crippen molar-refractivity contribution in [3.8, 4) is 0 Å². The first-order chi connectivity index (χ1) is 7.48. The summed E-state index contributed by atoms with van der Waals surface area (Å²) < 4.78 is 10.3. The largest absolute Gasteiger partial charge is 0.436 e. The number of carbonyl (C=O) groups excluding carboxylic acids is 2. The molecule has 1 aliphatic rings. The minimum absolute atomic E-state index is 0.209. The zero-order valence-corrected chi connectivity index (χ0v) is 10.4. The van der Waals surface area contributed by atoms with Crippen molar-refractivity contribution >= 4 is 12.3 Å². The smallest absolute Gasteiger partial charge is 0.312 e. The lowest BCUT2D eigenvalue weighted by Crippen LogP contribution is -2.22. The second-order valence-electron chi connectivity index (χ2n) is 4.85. The van der Waals surface area contributed by atoms with Crippen LogP contribution in [0.5, 0.6) is 0 Å². The fraction of sp³-hybridized carbons (Fsp3) is 0.833. The molecule has 92 valence electrons. The molecule has 4 heteroatoms. The summed E-state index contributed by atoms with van der Waals surface area (Å²) in [6.07, 6.45) is 1.92. The van der Waals surface area contributed by atoms with E-state index in [1.165, 1.54) is 7.11 Å². The second kappa shape index (κ2) is 4.95. The van der Waals surface area contributed by atoms with Crippen LogP contribution in [0.25, 0.3) is 0 Å².